The number of carbonyl (C=O) groups is 3. The van der Waals surface area contributed by atoms with Gasteiger partial charge in [0.1, 0.15) is 6.04 Å². The van der Waals surface area contributed by atoms with Gasteiger partial charge in [-0.05, 0) is 31.1 Å². The highest BCUT2D eigenvalue weighted by Gasteiger charge is 2.32. The highest BCUT2D eigenvalue weighted by atomic mass is 16.4. The van der Waals surface area contributed by atoms with E-state index in [9.17, 15) is 14.4 Å². The Kier molecular flexibility index (Phi) is 5.57. The predicted octanol–water partition coefficient (Wildman–Crippen LogP) is 0.925. The van der Waals surface area contributed by atoms with Crippen molar-refractivity contribution < 1.29 is 19.5 Å². The van der Waals surface area contributed by atoms with E-state index in [-0.39, 0.29) is 6.04 Å². The van der Waals surface area contributed by atoms with Gasteiger partial charge in [0, 0.05) is 13.1 Å². The van der Waals surface area contributed by atoms with Gasteiger partial charge in [-0.25, -0.2) is 9.59 Å². The van der Waals surface area contributed by atoms with Gasteiger partial charge in [-0.3, -0.25) is 4.79 Å². The van der Waals surface area contributed by atoms with Crippen molar-refractivity contribution in [2.45, 2.75) is 58.0 Å². The third-order valence-corrected chi connectivity index (χ3v) is 4.18. The van der Waals surface area contributed by atoms with Crippen LogP contribution in [0.5, 0.6) is 0 Å². The molecule has 0 radical (unpaired) electrons. The van der Waals surface area contributed by atoms with E-state index in [4.69, 9.17) is 10.8 Å². The first-order chi connectivity index (χ1) is 9.62. The molecule has 1 fully saturated rings. The van der Waals surface area contributed by atoms with Crippen LogP contribution in [0.2, 0.25) is 0 Å². The summed E-state index contributed by atoms with van der Waals surface area (Å²) in [6.07, 6.45) is 3.43. The number of carbonyl (C=O) groups excluding carboxylic acids is 2. The van der Waals surface area contributed by atoms with Crippen LogP contribution < -0.4 is 11.1 Å². The summed E-state index contributed by atoms with van der Waals surface area (Å²) in [7, 11) is 1.65. The van der Waals surface area contributed by atoms with E-state index in [1.165, 1.54) is 4.90 Å². The Hall–Kier alpha value is -1.79. The molecule has 1 aliphatic carbocycles. The minimum absolute atomic E-state index is 0.0982. The molecule has 7 nitrogen and oxygen atoms in total. The predicted molar refractivity (Wildman–Crippen MR) is 77.6 cm³/mol. The van der Waals surface area contributed by atoms with Crippen molar-refractivity contribution >= 4 is 17.9 Å². The molecule has 3 amide bonds. The molecule has 120 valence electrons. The van der Waals surface area contributed by atoms with Gasteiger partial charge in [0.2, 0.25) is 5.91 Å². The number of aliphatic carboxylic acids is 1. The zero-order valence-electron chi connectivity index (χ0n) is 12.9. The summed E-state index contributed by atoms with van der Waals surface area (Å²) < 4.78 is 0. The molecule has 1 aliphatic rings. The van der Waals surface area contributed by atoms with Gasteiger partial charge >= 0.3 is 12.0 Å². The Morgan fingerprint density at radius 2 is 1.86 bits per heavy atom. The van der Waals surface area contributed by atoms with E-state index in [0.717, 1.165) is 25.7 Å². The van der Waals surface area contributed by atoms with Crippen molar-refractivity contribution in [3.63, 3.8) is 0 Å². The lowest BCUT2D eigenvalue weighted by molar-refractivity contribution is -0.141. The van der Waals surface area contributed by atoms with Crippen LogP contribution in [-0.2, 0) is 9.59 Å². The summed E-state index contributed by atoms with van der Waals surface area (Å²) in [5.41, 5.74) is 5.28. The fourth-order valence-corrected chi connectivity index (χ4v) is 2.59. The Morgan fingerprint density at radius 3 is 2.29 bits per heavy atom. The molecular weight excluding hydrogens is 274 g/mol. The minimum Gasteiger partial charge on any atom is -0.480 e. The zero-order chi connectivity index (χ0) is 16.2. The fourth-order valence-electron chi connectivity index (χ4n) is 2.59. The van der Waals surface area contributed by atoms with Crippen molar-refractivity contribution in [1.29, 1.82) is 0 Å². The molecule has 1 saturated carbocycles. The zero-order valence-corrected chi connectivity index (χ0v) is 12.9. The highest BCUT2D eigenvalue weighted by Crippen LogP contribution is 2.36. The first-order valence-corrected chi connectivity index (χ1v) is 7.17. The van der Waals surface area contributed by atoms with Crippen molar-refractivity contribution in [2.24, 2.45) is 11.1 Å². The normalized spacial score (nSPS) is 19.6. The highest BCUT2D eigenvalue weighted by molar-refractivity contribution is 5.87. The average Bonchev–Trinajstić information content (AvgIpc) is 2.36. The van der Waals surface area contributed by atoms with Crippen molar-refractivity contribution in [3.05, 3.63) is 0 Å². The molecular formula is C14H25N3O4. The SMILES string of the molecule is CN(C(=O)NC(CC(N)=O)C(=O)O)C1CCC(C)(C)CC1. The number of hydrogen-bond acceptors (Lipinski definition) is 3. The van der Waals surface area contributed by atoms with Gasteiger partial charge < -0.3 is 21.1 Å². The van der Waals surface area contributed by atoms with Gasteiger partial charge in [-0.2, -0.15) is 0 Å². The molecule has 0 heterocycles. The average molecular weight is 299 g/mol. The maximum atomic E-state index is 12.1. The molecule has 0 bridgehead atoms. The van der Waals surface area contributed by atoms with Crippen molar-refractivity contribution in [3.8, 4) is 0 Å². The minimum atomic E-state index is -1.28. The number of urea groups is 1. The van der Waals surface area contributed by atoms with Crippen molar-refractivity contribution in [1.82, 2.24) is 10.2 Å². The third kappa shape index (κ3) is 5.24. The molecule has 0 aromatic heterocycles. The maximum Gasteiger partial charge on any atom is 0.326 e. The summed E-state index contributed by atoms with van der Waals surface area (Å²) in [5, 5.41) is 11.3. The molecule has 0 saturated heterocycles. The van der Waals surface area contributed by atoms with Crippen LogP contribution in [0, 0.1) is 5.41 Å². The van der Waals surface area contributed by atoms with E-state index in [0.29, 0.717) is 5.41 Å². The van der Waals surface area contributed by atoms with Crippen LogP contribution in [0.3, 0.4) is 0 Å². The summed E-state index contributed by atoms with van der Waals surface area (Å²) in [6.45, 7) is 4.41. The summed E-state index contributed by atoms with van der Waals surface area (Å²) in [6, 6.07) is -1.66. The number of carboxylic acid groups (broad SMARTS) is 1. The number of hydrogen-bond donors (Lipinski definition) is 3. The van der Waals surface area contributed by atoms with Gasteiger partial charge in [0.05, 0.1) is 6.42 Å². The smallest absolute Gasteiger partial charge is 0.326 e. The van der Waals surface area contributed by atoms with Crippen LogP contribution in [0.1, 0.15) is 46.0 Å². The first kappa shape index (κ1) is 17.3. The van der Waals surface area contributed by atoms with E-state index in [2.05, 4.69) is 19.2 Å². The lowest BCUT2D eigenvalue weighted by atomic mass is 9.75. The maximum absolute atomic E-state index is 12.1. The van der Waals surface area contributed by atoms with E-state index < -0.39 is 30.4 Å². The Bertz CT molecular complexity index is 412. The Labute approximate surface area is 124 Å². The second kappa shape index (κ2) is 6.78. The topological polar surface area (TPSA) is 113 Å². The molecule has 7 heteroatoms. The number of nitrogens with one attached hydrogen (secondary N) is 1. The molecule has 1 atom stereocenters. The second-order valence-corrected chi connectivity index (χ2v) is 6.52. The first-order valence-electron chi connectivity index (χ1n) is 7.17. The standard InChI is InChI=1S/C14H25N3O4/c1-14(2)6-4-9(5-7-14)17(3)13(21)16-10(12(19)20)8-11(15)18/h9-10H,4-8H2,1-3H3,(H2,15,18)(H,16,21)(H,19,20). The number of rotatable bonds is 5. The number of carboxylic acids is 1. The number of primary amides is 1. The van der Waals surface area contributed by atoms with Gasteiger partial charge in [0.15, 0.2) is 0 Å². The van der Waals surface area contributed by atoms with Crippen LogP contribution in [-0.4, -0.2) is 47.0 Å². The van der Waals surface area contributed by atoms with Gasteiger partial charge in [-0.1, -0.05) is 13.8 Å². The lowest BCUT2D eigenvalue weighted by Crippen LogP contribution is -2.51. The fraction of sp³-hybridized carbons (Fsp3) is 0.786. The monoisotopic (exact) mass is 299 g/mol. The van der Waals surface area contributed by atoms with Crippen LogP contribution >= 0.6 is 0 Å². The molecule has 0 aliphatic heterocycles. The van der Waals surface area contributed by atoms with Crippen LogP contribution in [0.4, 0.5) is 4.79 Å². The molecule has 21 heavy (non-hydrogen) atoms. The van der Waals surface area contributed by atoms with Gasteiger partial charge in [0.25, 0.3) is 0 Å². The number of nitrogens with zero attached hydrogens (tertiary/aromatic N) is 1. The second-order valence-electron chi connectivity index (χ2n) is 6.52. The molecule has 1 unspecified atom stereocenters. The van der Waals surface area contributed by atoms with Crippen LogP contribution in [0.15, 0.2) is 0 Å². The summed E-state index contributed by atoms with van der Waals surface area (Å²) in [4.78, 5) is 35.5. The third-order valence-electron chi connectivity index (χ3n) is 4.18. The summed E-state index contributed by atoms with van der Waals surface area (Å²) >= 11 is 0. The molecule has 1 rings (SSSR count). The Balaban J connectivity index is 2.57. The van der Waals surface area contributed by atoms with Gasteiger partial charge in [-0.15, -0.1) is 0 Å². The lowest BCUT2D eigenvalue weighted by Gasteiger charge is -2.38. The number of amides is 3. The largest absolute Gasteiger partial charge is 0.480 e. The van der Waals surface area contributed by atoms with E-state index >= 15 is 0 Å². The molecule has 0 aromatic carbocycles. The van der Waals surface area contributed by atoms with Crippen molar-refractivity contribution in [2.75, 3.05) is 7.05 Å². The van der Waals surface area contributed by atoms with E-state index in [1.807, 2.05) is 0 Å². The molecule has 4 N–H and O–H groups in total. The molecule has 0 spiro atoms. The van der Waals surface area contributed by atoms with E-state index in [1.54, 1.807) is 7.05 Å². The number of nitrogens with two attached hydrogens (primary N) is 1. The quantitative estimate of drug-likeness (QED) is 0.700. The Morgan fingerprint density at radius 1 is 1.33 bits per heavy atom. The molecule has 0 aromatic rings. The van der Waals surface area contributed by atoms with Crippen LogP contribution in [0.25, 0.3) is 0 Å². The summed E-state index contributed by atoms with van der Waals surface area (Å²) in [5.74, 6) is -2.02.